The van der Waals surface area contributed by atoms with Gasteiger partial charge < -0.3 is 4.90 Å². The van der Waals surface area contributed by atoms with Gasteiger partial charge in [-0.25, -0.2) is 4.98 Å². The van der Waals surface area contributed by atoms with Crippen molar-refractivity contribution in [1.29, 1.82) is 0 Å². The molecule has 1 fully saturated rings. The standard InChI is InChI=1S/C20H25N5.C2H6/c1-13-10-14(2)17(15(3)11-13)18-16(4)23-20-21-12-22-25(20)19(18)24-8-6-5-7-9-24;1-2/h10-12H,5-9H2,1-4H3;1-2H3. The van der Waals surface area contributed by atoms with Gasteiger partial charge in [0.2, 0.25) is 0 Å². The Kier molecular flexibility index (Phi) is 5.78. The van der Waals surface area contributed by atoms with Crippen LogP contribution < -0.4 is 4.90 Å². The number of aromatic nitrogens is 4. The lowest BCUT2D eigenvalue weighted by molar-refractivity contribution is 0.568. The van der Waals surface area contributed by atoms with E-state index in [2.05, 4.69) is 54.8 Å². The van der Waals surface area contributed by atoms with Crippen molar-refractivity contribution < 1.29 is 0 Å². The SMILES string of the molecule is CC.Cc1cc(C)c(-c2c(C)nc3ncnn3c2N2CCCCC2)c(C)c1. The fourth-order valence-electron chi connectivity index (χ4n) is 4.20. The molecule has 0 radical (unpaired) electrons. The van der Waals surface area contributed by atoms with Gasteiger partial charge in [-0.3, -0.25) is 0 Å². The maximum Gasteiger partial charge on any atom is 0.254 e. The van der Waals surface area contributed by atoms with Gasteiger partial charge in [-0.05, 0) is 63.6 Å². The lowest BCUT2D eigenvalue weighted by Gasteiger charge is -2.31. The minimum absolute atomic E-state index is 0.684. The van der Waals surface area contributed by atoms with Crippen molar-refractivity contribution in [2.75, 3.05) is 18.0 Å². The average molecular weight is 366 g/mol. The molecule has 0 unspecified atom stereocenters. The summed E-state index contributed by atoms with van der Waals surface area (Å²) in [6.07, 6.45) is 5.36. The number of hydrogen-bond donors (Lipinski definition) is 0. The van der Waals surface area contributed by atoms with Crippen molar-refractivity contribution in [2.24, 2.45) is 0 Å². The summed E-state index contributed by atoms with van der Waals surface area (Å²) in [5.41, 5.74) is 7.39. The predicted octanol–water partition coefficient (Wildman–Crippen LogP) is 5.04. The van der Waals surface area contributed by atoms with Gasteiger partial charge >= 0.3 is 0 Å². The highest BCUT2D eigenvalue weighted by Gasteiger charge is 2.24. The normalized spacial score (nSPS) is 14.2. The number of nitrogens with zero attached hydrogens (tertiary/aromatic N) is 5. The molecule has 1 saturated heterocycles. The summed E-state index contributed by atoms with van der Waals surface area (Å²) >= 11 is 0. The van der Waals surface area contributed by atoms with E-state index in [4.69, 9.17) is 4.98 Å². The summed E-state index contributed by atoms with van der Waals surface area (Å²) in [6.45, 7) is 14.8. The van der Waals surface area contributed by atoms with Gasteiger partial charge in [0.15, 0.2) is 0 Å². The second-order valence-electron chi connectivity index (χ2n) is 7.19. The van der Waals surface area contributed by atoms with Gasteiger partial charge in [-0.15, -0.1) is 0 Å². The Bertz CT molecular complexity index is 912. The van der Waals surface area contributed by atoms with Crippen LogP contribution in [0, 0.1) is 27.7 Å². The third kappa shape index (κ3) is 3.55. The lowest BCUT2D eigenvalue weighted by atomic mass is 9.92. The van der Waals surface area contributed by atoms with Gasteiger partial charge in [0, 0.05) is 18.7 Å². The summed E-state index contributed by atoms with van der Waals surface area (Å²) in [5, 5.41) is 4.50. The fraction of sp³-hybridized carbons (Fsp3) is 0.500. The molecule has 144 valence electrons. The van der Waals surface area contributed by atoms with E-state index in [1.807, 2.05) is 18.4 Å². The monoisotopic (exact) mass is 365 g/mol. The van der Waals surface area contributed by atoms with Crippen molar-refractivity contribution >= 4 is 11.6 Å². The van der Waals surface area contributed by atoms with Crippen molar-refractivity contribution in [3.63, 3.8) is 0 Å². The Hall–Kier alpha value is -2.43. The van der Waals surface area contributed by atoms with Crippen molar-refractivity contribution in [2.45, 2.75) is 60.8 Å². The summed E-state index contributed by atoms with van der Waals surface area (Å²) in [4.78, 5) is 11.5. The Morgan fingerprint density at radius 3 is 2.11 bits per heavy atom. The first-order chi connectivity index (χ1) is 13.1. The lowest BCUT2D eigenvalue weighted by Crippen LogP contribution is -2.32. The molecule has 3 heterocycles. The van der Waals surface area contributed by atoms with E-state index < -0.39 is 0 Å². The van der Waals surface area contributed by atoms with E-state index >= 15 is 0 Å². The van der Waals surface area contributed by atoms with Crippen LogP contribution in [0.5, 0.6) is 0 Å². The summed E-state index contributed by atoms with van der Waals surface area (Å²) in [5.74, 6) is 1.83. The molecule has 5 heteroatoms. The number of anilines is 1. The molecule has 4 rings (SSSR count). The molecule has 0 spiro atoms. The average Bonchev–Trinajstić information content (AvgIpc) is 3.11. The summed E-state index contributed by atoms with van der Waals surface area (Å²) < 4.78 is 1.92. The largest absolute Gasteiger partial charge is 0.356 e. The smallest absolute Gasteiger partial charge is 0.254 e. The molecule has 1 aromatic carbocycles. The Labute approximate surface area is 162 Å². The van der Waals surface area contributed by atoms with Gasteiger partial charge in [0.05, 0.1) is 5.69 Å². The topological polar surface area (TPSA) is 46.3 Å². The molecule has 5 nitrogen and oxygen atoms in total. The molecule has 0 atom stereocenters. The molecule has 1 aliphatic heterocycles. The van der Waals surface area contributed by atoms with Crippen LogP contribution in [-0.2, 0) is 0 Å². The summed E-state index contributed by atoms with van der Waals surface area (Å²) in [7, 11) is 0. The molecule has 0 bridgehead atoms. The minimum Gasteiger partial charge on any atom is -0.356 e. The highest BCUT2D eigenvalue weighted by atomic mass is 15.4. The van der Waals surface area contributed by atoms with Gasteiger partial charge in [-0.1, -0.05) is 31.5 Å². The number of benzene rings is 1. The first-order valence-corrected chi connectivity index (χ1v) is 10.1. The van der Waals surface area contributed by atoms with E-state index in [1.54, 1.807) is 6.33 Å². The number of fused-ring (bicyclic) bond motifs is 1. The number of hydrogen-bond acceptors (Lipinski definition) is 4. The molecule has 1 aliphatic rings. The van der Waals surface area contributed by atoms with E-state index in [-0.39, 0.29) is 0 Å². The molecule has 0 N–H and O–H groups in total. The number of aryl methyl sites for hydroxylation is 4. The zero-order valence-electron chi connectivity index (χ0n) is 17.5. The Morgan fingerprint density at radius 2 is 1.48 bits per heavy atom. The summed E-state index contributed by atoms with van der Waals surface area (Å²) in [6, 6.07) is 4.51. The maximum absolute atomic E-state index is 4.73. The maximum atomic E-state index is 4.73. The zero-order valence-corrected chi connectivity index (χ0v) is 17.5. The van der Waals surface area contributed by atoms with Crippen LogP contribution in [0.4, 0.5) is 5.82 Å². The van der Waals surface area contributed by atoms with Gasteiger partial charge in [-0.2, -0.15) is 14.6 Å². The first kappa shape index (κ1) is 19.3. The molecule has 0 aliphatic carbocycles. The molecule has 0 saturated carbocycles. The second-order valence-corrected chi connectivity index (χ2v) is 7.19. The highest BCUT2D eigenvalue weighted by molar-refractivity contribution is 5.83. The molecule has 3 aromatic rings. The van der Waals surface area contributed by atoms with E-state index in [0.29, 0.717) is 5.78 Å². The van der Waals surface area contributed by atoms with Crippen LogP contribution in [0.25, 0.3) is 16.9 Å². The third-order valence-electron chi connectivity index (χ3n) is 5.17. The van der Waals surface area contributed by atoms with Gasteiger partial charge in [0.1, 0.15) is 12.1 Å². The molecule has 2 aromatic heterocycles. The Morgan fingerprint density at radius 1 is 0.852 bits per heavy atom. The fourth-order valence-corrected chi connectivity index (χ4v) is 4.20. The molecular weight excluding hydrogens is 334 g/mol. The highest BCUT2D eigenvalue weighted by Crippen LogP contribution is 2.38. The molecule has 27 heavy (non-hydrogen) atoms. The van der Waals surface area contributed by atoms with Crippen LogP contribution in [0.2, 0.25) is 0 Å². The van der Waals surface area contributed by atoms with Gasteiger partial charge in [0.25, 0.3) is 5.78 Å². The second kappa shape index (κ2) is 8.07. The van der Waals surface area contributed by atoms with Crippen LogP contribution in [-0.4, -0.2) is 32.7 Å². The molecular formula is C22H31N5. The van der Waals surface area contributed by atoms with E-state index in [1.165, 1.54) is 47.1 Å². The quantitative estimate of drug-likeness (QED) is 0.638. The van der Waals surface area contributed by atoms with Crippen molar-refractivity contribution in [1.82, 2.24) is 19.6 Å². The van der Waals surface area contributed by atoms with Crippen LogP contribution >= 0.6 is 0 Å². The Balaban J connectivity index is 0.00000102. The predicted molar refractivity (Wildman–Crippen MR) is 113 cm³/mol. The zero-order chi connectivity index (χ0) is 19.6. The van der Waals surface area contributed by atoms with Crippen molar-refractivity contribution in [3.05, 3.63) is 40.8 Å². The van der Waals surface area contributed by atoms with Crippen LogP contribution in [0.1, 0.15) is 55.5 Å². The number of rotatable bonds is 2. The third-order valence-corrected chi connectivity index (χ3v) is 5.17. The van der Waals surface area contributed by atoms with Crippen molar-refractivity contribution in [3.8, 4) is 11.1 Å². The first-order valence-electron chi connectivity index (χ1n) is 10.1. The van der Waals surface area contributed by atoms with E-state index in [9.17, 15) is 0 Å². The van der Waals surface area contributed by atoms with Crippen LogP contribution in [0.15, 0.2) is 18.5 Å². The minimum atomic E-state index is 0.684. The molecule has 0 amide bonds. The number of piperidine rings is 1. The van der Waals surface area contributed by atoms with E-state index in [0.717, 1.165) is 24.6 Å². The van der Waals surface area contributed by atoms with Crippen LogP contribution in [0.3, 0.4) is 0 Å².